The van der Waals surface area contributed by atoms with Gasteiger partial charge in [-0.3, -0.25) is 9.89 Å². The van der Waals surface area contributed by atoms with Crippen LogP contribution in [-0.4, -0.2) is 31.9 Å². The Kier molecular flexibility index (Phi) is 3.86. The number of halogens is 1. The highest BCUT2D eigenvalue weighted by atomic mass is 79.9. The van der Waals surface area contributed by atoms with Crippen molar-refractivity contribution in [2.24, 2.45) is 0 Å². The highest BCUT2D eigenvalue weighted by Crippen LogP contribution is 2.14. The average Bonchev–Trinajstić information content (AvgIpc) is 2.83. The molecule has 0 fully saturated rings. The number of anilines is 1. The van der Waals surface area contributed by atoms with Crippen LogP contribution in [0.15, 0.2) is 21.8 Å². The lowest BCUT2D eigenvalue weighted by molar-refractivity contribution is 0.804. The fraction of sp³-hybridized carbons (Fsp3) is 0.333. The number of rotatable bonds is 5. The normalized spacial score (nSPS) is 10.4. The molecule has 2 aromatic rings. The van der Waals surface area contributed by atoms with Crippen molar-refractivity contribution >= 4 is 21.6 Å². The van der Waals surface area contributed by atoms with Crippen molar-refractivity contribution in [2.75, 3.05) is 11.9 Å². The van der Waals surface area contributed by atoms with E-state index >= 15 is 0 Å². The maximum Gasteiger partial charge on any atom is 0.280 e. The second-order valence-corrected chi connectivity index (χ2v) is 4.18. The minimum absolute atomic E-state index is 0.245. The molecule has 0 unspecified atom stereocenters. The molecular formula is C9H11BrN6O. The second kappa shape index (κ2) is 5.58. The van der Waals surface area contributed by atoms with E-state index in [2.05, 4.69) is 46.6 Å². The zero-order chi connectivity index (χ0) is 12.1. The molecule has 2 aromatic heterocycles. The zero-order valence-electron chi connectivity index (χ0n) is 8.90. The SMILES string of the molecule is O=c1[nH]ncc(NCCCc2ncn[nH]2)c1Br. The summed E-state index contributed by atoms with van der Waals surface area (Å²) in [5.74, 6) is 0.856. The topological polar surface area (TPSA) is 99.3 Å². The van der Waals surface area contributed by atoms with Gasteiger partial charge < -0.3 is 5.32 Å². The van der Waals surface area contributed by atoms with Crippen LogP contribution in [-0.2, 0) is 6.42 Å². The van der Waals surface area contributed by atoms with Crippen molar-refractivity contribution in [3.05, 3.63) is 33.2 Å². The second-order valence-electron chi connectivity index (χ2n) is 3.39. The maximum absolute atomic E-state index is 11.2. The van der Waals surface area contributed by atoms with E-state index in [1.54, 1.807) is 6.20 Å². The van der Waals surface area contributed by atoms with E-state index in [1.165, 1.54) is 6.33 Å². The van der Waals surface area contributed by atoms with Crippen LogP contribution < -0.4 is 10.9 Å². The summed E-state index contributed by atoms with van der Waals surface area (Å²) >= 11 is 3.20. The smallest absolute Gasteiger partial charge is 0.280 e. The van der Waals surface area contributed by atoms with Gasteiger partial charge in [0.05, 0.1) is 11.9 Å². The van der Waals surface area contributed by atoms with Crippen LogP contribution in [0.5, 0.6) is 0 Å². The van der Waals surface area contributed by atoms with Gasteiger partial charge in [-0.25, -0.2) is 10.1 Å². The summed E-state index contributed by atoms with van der Waals surface area (Å²) in [6.45, 7) is 0.727. The first-order valence-corrected chi connectivity index (χ1v) is 5.88. The number of H-pyrrole nitrogens is 2. The van der Waals surface area contributed by atoms with Crippen LogP contribution >= 0.6 is 15.9 Å². The van der Waals surface area contributed by atoms with E-state index in [0.29, 0.717) is 10.2 Å². The molecule has 0 aliphatic rings. The molecule has 0 atom stereocenters. The Labute approximate surface area is 105 Å². The first kappa shape index (κ1) is 11.8. The molecule has 0 saturated carbocycles. The van der Waals surface area contributed by atoms with Gasteiger partial charge in [0.2, 0.25) is 0 Å². The third-order valence-corrected chi connectivity index (χ3v) is 2.95. The molecule has 0 aliphatic heterocycles. The molecule has 0 spiro atoms. The molecule has 0 radical (unpaired) electrons. The fourth-order valence-electron chi connectivity index (χ4n) is 1.34. The predicted molar refractivity (Wildman–Crippen MR) is 65.8 cm³/mol. The average molecular weight is 299 g/mol. The number of aryl methyl sites for hydroxylation is 1. The molecule has 0 aliphatic carbocycles. The van der Waals surface area contributed by atoms with Crippen molar-refractivity contribution in [2.45, 2.75) is 12.8 Å². The van der Waals surface area contributed by atoms with Gasteiger partial charge in [-0.15, -0.1) is 0 Å². The molecule has 17 heavy (non-hydrogen) atoms. The molecule has 7 nitrogen and oxygen atoms in total. The predicted octanol–water partition coefficient (Wildman–Crippen LogP) is 0.695. The van der Waals surface area contributed by atoms with Crippen molar-refractivity contribution in [1.82, 2.24) is 25.4 Å². The van der Waals surface area contributed by atoms with E-state index in [4.69, 9.17) is 0 Å². The molecule has 2 rings (SSSR count). The number of nitrogens with zero attached hydrogens (tertiary/aromatic N) is 3. The van der Waals surface area contributed by atoms with E-state index in [0.717, 1.165) is 25.2 Å². The van der Waals surface area contributed by atoms with Crippen molar-refractivity contribution in [3.63, 3.8) is 0 Å². The van der Waals surface area contributed by atoms with Gasteiger partial charge in [-0.1, -0.05) is 0 Å². The summed E-state index contributed by atoms with van der Waals surface area (Å²) in [5, 5.41) is 15.7. The lowest BCUT2D eigenvalue weighted by Crippen LogP contribution is -2.13. The van der Waals surface area contributed by atoms with E-state index in [9.17, 15) is 4.79 Å². The zero-order valence-corrected chi connectivity index (χ0v) is 10.5. The van der Waals surface area contributed by atoms with Crippen LogP contribution in [0.3, 0.4) is 0 Å². The van der Waals surface area contributed by atoms with Crippen LogP contribution in [0.1, 0.15) is 12.2 Å². The molecular weight excluding hydrogens is 288 g/mol. The first-order chi connectivity index (χ1) is 8.27. The summed E-state index contributed by atoms with van der Waals surface area (Å²) in [6, 6.07) is 0. The molecule has 0 saturated heterocycles. The van der Waals surface area contributed by atoms with Gasteiger partial charge in [0.25, 0.3) is 5.56 Å². The monoisotopic (exact) mass is 298 g/mol. The van der Waals surface area contributed by atoms with Gasteiger partial charge in [-0.2, -0.15) is 10.2 Å². The number of hydrogen-bond acceptors (Lipinski definition) is 5. The summed E-state index contributed by atoms with van der Waals surface area (Å²) < 4.78 is 0.465. The molecule has 90 valence electrons. The third kappa shape index (κ3) is 3.13. The van der Waals surface area contributed by atoms with Crippen molar-refractivity contribution < 1.29 is 0 Å². The Balaban J connectivity index is 1.82. The Morgan fingerprint density at radius 3 is 3.00 bits per heavy atom. The molecule has 0 bridgehead atoms. The Morgan fingerprint density at radius 2 is 2.24 bits per heavy atom. The minimum Gasteiger partial charge on any atom is -0.383 e. The van der Waals surface area contributed by atoms with Gasteiger partial charge in [0.15, 0.2) is 0 Å². The number of hydrogen-bond donors (Lipinski definition) is 3. The standard InChI is InChI=1S/C9H11BrN6O/c10-8-6(4-13-16-9(8)17)11-3-1-2-7-12-5-14-15-7/h4-5H,1-3H2,(H2,11,16,17)(H,12,14,15). The van der Waals surface area contributed by atoms with Gasteiger partial charge in [0.1, 0.15) is 16.6 Å². The van der Waals surface area contributed by atoms with Gasteiger partial charge in [-0.05, 0) is 22.4 Å². The quantitative estimate of drug-likeness (QED) is 0.706. The van der Waals surface area contributed by atoms with Gasteiger partial charge in [0, 0.05) is 13.0 Å². The first-order valence-electron chi connectivity index (χ1n) is 5.08. The van der Waals surface area contributed by atoms with E-state index in [-0.39, 0.29) is 5.56 Å². The summed E-state index contributed by atoms with van der Waals surface area (Å²) in [5.41, 5.74) is 0.441. The lowest BCUT2D eigenvalue weighted by Gasteiger charge is -2.05. The molecule has 8 heteroatoms. The van der Waals surface area contributed by atoms with E-state index in [1.807, 2.05) is 0 Å². The van der Waals surface area contributed by atoms with Gasteiger partial charge >= 0.3 is 0 Å². The van der Waals surface area contributed by atoms with Crippen LogP contribution in [0.4, 0.5) is 5.69 Å². The van der Waals surface area contributed by atoms with Crippen molar-refractivity contribution in [3.8, 4) is 0 Å². The van der Waals surface area contributed by atoms with Crippen LogP contribution in [0.2, 0.25) is 0 Å². The molecule has 0 amide bonds. The number of aromatic nitrogens is 5. The lowest BCUT2D eigenvalue weighted by atomic mass is 10.3. The van der Waals surface area contributed by atoms with Crippen molar-refractivity contribution in [1.29, 1.82) is 0 Å². The molecule has 2 heterocycles. The summed E-state index contributed by atoms with van der Waals surface area (Å²) in [7, 11) is 0. The number of nitrogens with one attached hydrogen (secondary N) is 3. The fourth-order valence-corrected chi connectivity index (χ4v) is 1.67. The van der Waals surface area contributed by atoms with Crippen LogP contribution in [0.25, 0.3) is 0 Å². The summed E-state index contributed by atoms with van der Waals surface area (Å²) in [6.07, 6.45) is 4.75. The Bertz CT molecular complexity index is 523. The molecule has 0 aromatic carbocycles. The maximum atomic E-state index is 11.2. The Hall–Kier alpha value is -1.70. The highest BCUT2D eigenvalue weighted by molar-refractivity contribution is 9.10. The number of aromatic amines is 2. The highest BCUT2D eigenvalue weighted by Gasteiger charge is 2.03. The molecule has 3 N–H and O–H groups in total. The van der Waals surface area contributed by atoms with Crippen LogP contribution in [0, 0.1) is 0 Å². The largest absolute Gasteiger partial charge is 0.383 e. The summed E-state index contributed by atoms with van der Waals surface area (Å²) in [4.78, 5) is 15.3. The van der Waals surface area contributed by atoms with E-state index < -0.39 is 0 Å². The third-order valence-electron chi connectivity index (χ3n) is 2.17. The minimum atomic E-state index is -0.245. The Morgan fingerprint density at radius 1 is 1.35 bits per heavy atom.